The van der Waals surface area contributed by atoms with Crippen LogP contribution >= 0.6 is 11.6 Å². The summed E-state index contributed by atoms with van der Waals surface area (Å²) in [7, 11) is 3.27. The molecule has 1 atom stereocenters. The van der Waals surface area contributed by atoms with Gasteiger partial charge in [-0.3, -0.25) is 4.90 Å². The van der Waals surface area contributed by atoms with Gasteiger partial charge in [-0.15, -0.1) is 0 Å². The Hall–Kier alpha value is -3.48. The highest BCUT2D eigenvalue weighted by Crippen LogP contribution is 2.39. The minimum atomic E-state index is -0.243. The molecule has 3 N–H and O–H groups in total. The van der Waals surface area contributed by atoms with Gasteiger partial charge < -0.3 is 14.5 Å². The molecule has 3 aromatic carbocycles. The Bertz CT molecular complexity index is 1300. The zero-order valence-electron chi connectivity index (χ0n) is 18.5. The van der Waals surface area contributed by atoms with Gasteiger partial charge in [0, 0.05) is 40.3 Å². The van der Waals surface area contributed by atoms with Crippen LogP contribution in [0.2, 0.25) is 5.02 Å². The lowest BCUT2D eigenvalue weighted by Crippen LogP contribution is -2.86. The van der Waals surface area contributed by atoms with Crippen molar-refractivity contribution in [3.05, 3.63) is 88.6 Å². The van der Waals surface area contributed by atoms with Gasteiger partial charge in [-0.2, -0.15) is 0 Å². The van der Waals surface area contributed by atoms with Crippen LogP contribution in [-0.2, 0) is 6.42 Å². The topological polar surface area (TPSA) is 71.2 Å². The van der Waals surface area contributed by atoms with Crippen molar-refractivity contribution in [3.63, 3.8) is 0 Å². The Morgan fingerprint density at radius 2 is 1.67 bits per heavy atom. The van der Waals surface area contributed by atoms with Crippen LogP contribution in [0.25, 0.3) is 10.9 Å². The van der Waals surface area contributed by atoms with Gasteiger partial charge in [0.25, 0.3) is 0 Å². The van der Waals surface area contributed by atoms with Gasteiger partial charge in [-0.25, -0.2) is 10.1 Å². The molecular weight excluding hydrogens is 438 g/mol. The number of amides is 2. The first-order valence-electron chi connectivity index (χ1n) is 10.8. The van der Waals surface area contributed by atoms with Gasteiger partial charge in [0.1, 0.15) is 23.2 Å². The normalized spacial score (nSPS) is 15.4. The number of aromatic amines is 1. The van der Waals surface area contributed by atoms with Crippen molar-refractivity contribution in [2.45, 2.75) is 12.5 Å². The molecule has 1 aliphatic rings. The van der Waals surface area contributed by atoms with E-state index >= 15 is 0 Å². The van der Waals surface area contributed by atoms with Crippen molar-refractivity contribution in [1.82, 2.24) is 9.88 Å². The number of hydrogen-bond acceptors (Lipinski definition) is 3. The van der Waals surface area contributed by atoms with Gasteiger partial charge in [-0.1, -0.05) is 23.7 Å². The number of H-pyrrole nitrogens is 1. The molecule has 5 rings (SSSR count). The molecule has 0 aliphatic carbocycles. The van der Waals surface area contributed by atoms with Crippen molar-refractivity contribution in [2.75, 3.05) is 20.8 Å². The summed E-state index contributed by atoms with van der Waals surface area (Å²) in [5, 5.41) is 3.50. The number of methoxy groups -OCH3 is 2. The molecule has 1 aliphatic heterocycles. The summed E-state index contributed by atoms with van der Waals surface area (Å²) < 4.78 is 10.6. The first-order valence-corrected chi connectivity index (χ1v) is 11.2. The predicted octanol–water partition coefficient (Wildman–Crippen LogP) is 4.80. The maximum Gasteiger partial charge on any atom is 0.421 e. The van der Waals surface area contributed by atoms with Crippen LogP contribution in [0.1, 0.15) is 22.9 Å². The molecular formula is C26H25ClN3O3+. The van der Waals surface area contributed by atoms with E-state index in [0.717, 1.165) is 45.8 Å². The van der Waals surface area contributed by atoms with Crippen LogP contribution < -0.4 is 14.8 Å². The number of nitrogens with two attached hydrogens (primary N) is 1. The van der Waals surface area contributed by atoms with Crippen molar-refractivity contribution in [1.29, 1.82) is 0 Å². The fourth-order valence-electron chi connectivity index (χ4n) is 4.56. The molecule has 0 saturated carbocycles. The van der Waals surface area contributed by atoms with E-state index < -0.39 is 0 Å². The summed E-state index contributed by atoms with van der Waals surface area (Å²) >= 11 is 6.29. The van der Waals surface area contributed by atoms with E-state index in [1.165, 1.54) is 5.56 Å². The molecule has 1 aromatic heterocycles. The zero-order valence-corrected chi connectivity index (χ0v) is 19.2. The van der Waals surface area contributed by atoms with Crippen LogP contribution in [0.3, 0.4) is 0 Å². The summed E-state index contributed by atoms with van der Waals surface area (Å²) in [5.41, 5.74) is 5.12. The Balaban J connectivity index is 1.54. The maximum atomic E-state index is 13.5. The summed E-state index contributed by atoms with van der Waals surface area (Å²) in [5.74, 6) is 1.54. The lowest BCUT2D eigenvalue weighted by molar-refractivity contribution is -0.474. The van der Waals surface area contributed by atoms with Crippen LogP contribution in [0.5, 0.6) is 11.5 Å². The van der Waals surface area contributed by atoms with E-state index in [9.17, 15) is 4.79 Å². The summed E-state index contributed by atoms with van der Waals surface area (Å²) in [6.45, 7) is 0.606. The van der Waals surface area contributed by atoms with Gasteiger partial charge in [0.05, 0.1) is 14.2 Å². The van der Waals surface area contributed by atoms with Gasteiger partial charge in [-0.05, 0) is 60.0 Å². The van der Waals surface area contributed by atoms with E-state index in [-0.39, 0.29) is 12.1 Å². The number of carbonyl (C=O) groups excluding carboxylic acids is 1. The number of hydrogen-bond donors (Lipinski definition) is 2. The third-order valence-electron chi connectivity index (χ3n) is 6.21. The lowest BCUT2D eigenvalue weighted by Gasteiger charge is -2.34. The molecule has 0 saturated heterocycles. The Labute approximate surface area is 197 Å². The highest BCUT2D eigenvalue weighted by atomic mass is 35.5. The molecule has 33 heavy (non-hydrogen) atoms. The van der Waals surface area contributed by atoms with Crippen LogP contribution in [-0.4, -0.2) is 36.7 Å². The molecule has 0 bridgehead atoms. The Morgan fingerprint density at radius 3 is 2.33 bits per heavy atom. The largest absolute Gasteiger partial charge is 0.497 e. The maximum absolute atomic E-state index is 13.5. The van der Waals surface area contributed by atoms with Crippen molar-refractivity contribution in [2.24, 2.45) is 0 Å². The van der Waals surface area contributed by atoms with Gasteiger partial charge >= 0.3 is 6.03 Å². The van der Waals surface area contributed by atoms with E-state index in [0.29, 0.717) is 11.6 Å². The van der Waals surface area contributed by atoms with Crippen LogP contribution in [0.15, 0.2) is 66.7 Å². The number of primary amides is 1. The minimum absolute atomic E-state index is 0.0386. The fraction of sp³-hybridized carbons (Fsp3) is 0.192. The first kappa shape index (κ1) is 21.4. The number of benzene rings is 3. The molecule has 7 heteroatoms. The Morgan fingerprint density at radius 1 is 1.00 bits per heavy atom. The minimum Gasteiger partial charge on any atom is -0.497 e. The first-order chi connectivity index (χ1) is 16.1. The number of rotatable bonds is 4. The van der Waals surface area contributed by atoms with E-state index in [1.54, 1.807) is 19.5 Å². The molecule has 0 radical (unpaired) electrons. The number of aromatic nitrogens is 1. The van der Waals surface area contributed by atoms with E-state index in [1.807, 2.05) is 71.6 Å². The second kappa shape index (κ2) is 8.81. The fourth-order valence-corrected chi connectivity index (χ4v) is 4.73. The van der Waals surface area contributed by atoms with Gasteiger partial charge in [0.2, 0.25) is 0 Å². The molecule has 2 heterocycles. The number of halogens is 1. The quantitative estimate of drug-likeness (QED) is 0.428. The Kier molecular flexibility index (Phi) is 5.70. The number of quaternary nitrogens is 1. The number of nitrogens with one attached hydrogen (secondary N) is 1. The predicted molar refractivity (Wildman–Crippen MR) is 129 cm³/mol. The highest BCUT2D eigenvalue weighted by Gasteiger charge is 2.36. The number of nitrogens with zero attached hydrogens (tertiary/aromatic N) is 1. The molecule has 1 unspecified atom stereocenters. The van der Waals surface area contributed by atoms with E-state index in [4.69, 9.17) is 21.1 Å². The summed E-state index contributed by atoms with van der Waals surface area (Å²) in [6, 6.07) is 21.0. The average Bonchev–Trinajstić information content (AvgIpc) is 3.21. The van der Waals surface area contributed by atoms with Crippen molar-refractivity contribution < 1.29 is 19.6 Å². The number of carbonyl (C=O) groups is 1. The molecule has 168 valence electrons. The summed E-state index contributed by atoms with van der Waals surface area (Å²) in [4.78, 5) is 19.0. The lowest BCUT2D eigenvalue weighted by atomic mass is 9.92. The van der Waals surface area contributed by atoms with Crippen LogP contribution in [0, 0.1) is 0 Å². The number of ether oxygens (including phenoxy) is 2. The monoisotopic (exact) mass is 462 g/mol. The molecule has 2 amide bonds. The molecule has 6 nitrogen and oxygen atoms in total. The molecule has 4 aromatic rings. The standard InChI is InChI=1S/C26H24ClN3O3/c1-32-19-8-3-16(4-9-19)25-24-21(22-15-17(27)5-12-23(22)29-24)13-14-30(25)26(31)28-18-6-10-20(33-2)11-7-18/h3-12,15,25,29H,13-14H2,1-2H3,(H,28,31)/p+1. The second-order valence-corrected chi connectivity index (χ2v) is 8.52. The third kappa shape index (κ3) is 4.03. The highest BCUT2D eigenvalue weighted by molar-refractivity contribution is 6.31. The van der Waals surface area contributed by atoms with Crippen molar-refractivity contribution >= 4 is 34.2 Å². The third-order valence-corrected chi connectivity index (χ3v) is 6.44. The zero-order chi connectivity index (χ0) is 22.9. The molecule has 0 fully saturated rings. The van der Waals surface area contributed by atoms with Gasteiger partial charge in [0.15, 0.2) is 0 Å². The SMILES string of the molecule is COc1ccc([NH2+]C(=O)N2CCc3c([nH]c4ccc(Cl)cc34)C2c2ccc(OC)cc2)cc1. The smallest absolute Gasteiger partial charge is 0.421 e. The summed E-state index contributed by atoms with van der Waals surface area (Å²) in [6.07, 6.45) is 0.754. The molecule has 0 spiro atoms. The van der Waals surface area contributed by atoms with Crippen LogP contribution in [0.4, 0.5) is 10.5 Å². The number of urea groups is 1. The average molecular weight is 463 g/mol. The number of fused-ring (bicyclic) bond motifs is 3. The second-order valence-electron chi connectivity index (χ2n) is 8.08. The van der Waals surface area contributed by atoms with Crippen molar-refractivity contribution in [3.8, 4) is 11.5 Å². The van der Waals surface area contributed by atoms with E-state index in [2.05, 4.69) is 4.98 Å².